The summed E-state index contributed by atoms with van der Waals surface area (Å²) < 4.78 is 38.4. The highest BCUT2D eigenvalue weighted by Crippen LogP contribution is 2.26. The van der Waals surface area contributed by atoms with Crippen molar-refractivity contribution in [2.75, 3.05) is 6.61 Å². The Kier molecular flexibility index (Phi) is 7.45. The van der Waals surface area contributed by atoms with Crippen molar-refractivity contribution in [1.82, 2.24) is 5.32 Å². The van der Waals surface area contributed by atoms with E-state index in [0.29, 0.717) is 6.42 Å². The highest BCUT2D eigenvalue weighted by Gasteiger charge is 2.22. The molecule has 0 aliphatic heterocycles. The van der Waals surface area contributed by atoms with Crippen molar-refractivity contribution >= 4 is 22.0 Å². The summed E-state index contributed by atoms with van der Waals surface area (Å²) in [5, 5.41) is 2.69. The average molecular weight is 408 g/mol. The average Bonchev–Trinajstić information content (AvgIpc) is 2.33. The Morgan fingerprint density at radius 1 is 1.25 bits per heavy atom. The Bertz CT molecular complexity index is 550. The van der Waals surface area contributed by atoms with Crippen LogP contribution >= 0.6 is 15.9 Å². The SMILES string of the molecule is CC(C)CC(COc1c(F)cc(Br)cc1F)NC(=O)OC(C)(C)C. The lowest BCUT2D eigenvalue weighted by Crippen LogP contribution is -2.42. The number of carbonyl (C=O) groups excluding carboxylic acids is 1. The Morgan fingerprint density at radius 2 is 1.79 bits per heavy atom. The van der Waals surface area contributed by atoms with E-state index in [1.807, 2.05) is 13.8 Å². The molecule has 0 spiro atoms. The molecule has 0 fully saturated rings. The lowest BCUT2D eigenvalue weighted by Gasteiger charge is -2.24. The quantitative estimate of drug-likeness (QED) is 0.717. The normalized spacial score (nSPS) is 12.9. The van der Waals surface area contributed by atoms with Crippen LogP contribution in [-0.4, -0.2) is 24.3 Å². The third-order valence-electron chi connectivity index (χ3n) is 2.87. The van der Waals surface area contributed by atoms with Gasteiger partial charge in [0.25, 0.3) is 0 Å². The largest absolute Gasteiger partial charge is 0.485 e. The van der Waals surface area contributed by atoms with Crippen LogP contribution in [0.2, 0.25) is 0 Å². The maximum absolute atomic E-state index is 13.8. The Hall–Kier alpha value is -1.37. The molecule has 0 radical (unpaired) electrons. The number of nitrogens with one attached hydrogen (secondary N) is 1. The summed E-state index contributed by atoms with van der Waals surface area (Å²) in [6, 6.07) is 1.82. The van der Waals surface area contributed by atoms with Gasteiger partial charge in [-0.1, -0.05) is 29.8 Å². The van der Waals surface area contributed by atoms with Crippen LogP contribution in [0.5, 0.6) is 5.75 Å². The van der Waals surface area contributed by atoms with E-state index in [0.717, 1.165) is 12.1 Å². The van der Waals surface area contributed by atoms with Gasteiger partial charge in [0.15, 0.2) is 17.4 Å². The van der Waals surface area contributed by atoms with E-state index in [1.165, 1.54) is 0 Å². The first kappa shape index (κ1) is 20.7. The molecule has 0 saturated heterocycles. The number of halogens is 3. The maximum atomic E-state index is 13.8. The molecule has 0 aromatic heterocycles. The van der Waals surface area contributed by atoms with Gasteiger partial charge in [-0.15, -0.1) is 0 Å². The molecule has 1 unspecified atom stereocenters. The lowest BCUT2D eigenvalue weighted by atomic mass is 10.0. The number of rotatable bonds is 6. The van der Waals surface area contributed by atoms with E-state index in [9.17, 15) is 13.6 Å². The van der Waals surface area contributed by atoms with Crippen molar-refractivity contribution in [1.29, 1.82) is 0 Å². The van der Waals surface area contributed by atoms with E-state index >= 15 is 0 Å². The van der Waals surface area contributed by atoms with Crippen molar-refractivity contribution in [2.45, 2.75) is 52.7 Å². The van der Waals surface area contributed by atoms with Crippen LogP contribution in [0.3, 0.4) is 0 Å². The van der Waals surface area contributed by atoms with Crippen LogP contribution in [0.25, 0.3) is 0 Å². The number of hydrogen-bond donors (Lipinski definition) is 1. The standard InChI is InChI=1S/C17H24BrF2NO3/c1-10(2)6-12(21-16(22)24-17(3,4)5)9-23-15-13(19)7-11(18)8-14(15)20/h7-8,10,12H,6,9H2,1-5H3,(H,21,22). The van der Waals surface area contributed by atoms with E-state index in [-0.39, 0.29) is 17.0 Å². The van der Waals surface area contributed by atoms with Crippen molar-refractivity contribution in [3.63, 3.8) is 0 Å². The van der Waals surface area contributed by atoms with Crippen molar-refractivity contribution in [3.8, 4) is 5.75 Å². The molecular weight excluding hydrogens is 384 g/mol. The Balaban J connectivity index is 2.75. The zero-order chi connectivity index (χ0) is 18.5. The van der Waals surface area contributed by atoms with Crippen LogP contribution in [0.15, 0.2) is 16.6 Å². The topological polar surface area (TPSA) is 47.6 Å². The van der Waals surface area contributed by atoms with Gasteiger partial charge >= 0.3 is 6.09 Å². The first-order valence-corrected chi connectivity index (χ1v) is 8.54. The van der Waals surface area contributed by atoms with E-state index in [1.54, 1.807) is 20.8 Å². The molecular formula is C17H24BrF2NO3. The molecule has 1 amide bonds. The van der Waals surface area contributed by atoms with Crippen molar-refractivity contribution in [3.05, 3.63) is 28.2 Å². The second kappa shape index (κ2) is 8.65. The fourth-order valence-corrected chi connectivity index (χ4v) is 2.46. The van der Waals surface area contributed by atoms with Crippen LogP contribution in [0.1, 0.15) is 41.0 Å². The number of amides is 1. The third kappa shape index (κ3) is 7.47. The summed E-state index contributed by atoms with van der Waals surface area (Å²) >= 11 is 3.01. The van der Waals surface area contributed by atoms with Gasteiger partial charge in [-0.25, -0.2) is 13.6 Å². The molecule has 4 nitrogen and oxygen atoms in total. The molecule has 1 N–H and O–H groups in total. The highest BCUT2D eigenvalue weighted by atomic mass is 79.9. The summed E-state index contributed by atoms with van der Waals surface area (Å²) in [6.45, 7) is 9.16. The van der Waals surface area contributed by atoms with Crippen LogP contribution < -0.4 is 10.1 Å². The van der Waals surface area contributed by atoms with E-state index < -0.39 is 35.1 Å². The van der Waals surface area contributed by atoms with E-state index in [2.05, 4.69) is 21.2 Å². The number of ether oxygens (including phenoxy) is 2. The molecule has 1 atom stereocenters. The summed E-state index contributed by atoms with van der Waals surface area (Å²) in [5.74, 6) is -1.81. The Labute approximate surface area is 150 Å². The third-order valence-corrected chi connectivity index (χ3v) is 3.33. The van der Waals surface area contributed by atoms with E-state index in [4.69, 9.17) is 9.47 Å². The predicted molar refractivity (Wildman–Crippen MR) is 92.2 cm³/mol. The molecule has 136 valence electrons. The van der Waals surface area contributed by atoms with Crippen molar-refractivity contribution in [2.24, 2.45) is 5.92 Å². The molecule has 7 heteroatoms. The number of alkyl carbamates (subject to hydrolysis) is 1. The summed E-state index contributed by atoms with van der Waals surface area (Å²) in [5.41, 5.74) is -0.628. The molecule has 0 heterocycles. The zero-order valence-corrected chi connectivity index (χ0v) is 16.2. The lowest BCUT2D eigenvalue weighted by molar-refractivity contribution is 0.0479. The smallest absolute Gasteiger partial charge is 0.407 e. The summed E-state index contributed by atoms with van der Waals surface area (Å²) in [4.78, 5) is 11.9. The van der Waals surface area contributed by atoms with Gasteiger partial charge < -0.3 is 14.8 Å². The maximum Gasteiger partial charge on any atom is 0.407 e. The molecule has 24 heavy (non-hydrogen) atoms. The molecule has 1 aromatic rings. The first-order valence-electron chi connectivity index (χ1n) is 7.74. The van der Waals surface area contributed by atoms with Gasteiger partial charge in [0, 0.05) is 4.47 Å². The fraction of sp³-hybridized carbons (Fsp3) is 0.588. The van der Waals surface area contributed by atoms with Crippen LogP contribution in [0, 0.1) is 17.6 Å². The minimum Gasteiger partial charge on any atom is -0.485 e. The monoisotopic (exact) mass is 407 g/mol. The summed E-state index contributed by atoms with van der Waals surface area (Å²) in [6.07, 6.45) is -0.00700. The second-order valence-corrected chi connectivity index (χ2v) is 7.90. The highest BCUT2D eigenvalue weighted by molar-refractivity contribution is 9.10. The first-order chi connectivity index (χ1) is 11.0. The van der Waals surface area contributed by atoms with Gasteiger partial charge in [-0.2, -0.15) is 0 Å². The molecule has 0 saturated carbocycles. The number of carbonyl (C=O) groups is 1. The van der Waals surface area contributed by atoms with Gasteiger partial charge in [0.05, 0.1) is 6.04 Å². The molecule has 1 rings (SSSR count). The Morgan fingerprint density at radius 3 is 2.25 bits per heavy atom. The minimum atomic E-state index is -0.803. The molecule has 0 aliphatic carbocycles. The number of hydrogen-bond acceptors (Lipinski definition) is 3. The van der Waals surface area contributed by atoms with Gasteiger partial charge in [-0.3, -0.25) is 0 Å². The fourth-order valence-electron chi connectivity index (χ4n) is 2.06. The molecule has 0 aliphatic rings. The predicted octanol–water partition coefficient (Wildman–Crippen LogP) is 5.05. The van der Waals surface area contributed by atoms with Crippen molar-refractivity contribution < 1.29 is 23.0 Å². The van der Waals surface area contributed by atoms with Gasteiger partial charge in [-0.05, 0) is 45.2 Å². The van der Waals surface area contributed by atoms with Gasteiger partial charge in [0.1, 0.15) is 12.2 Å². The second-order valence-electron chi connectivity index (χ2n) is 6.98. The van der Waals surface area contributed by atoms with Gasteiger partial charge in [0.2, 0.25) is 0 Å². The molecule has 1 aromatic carbocycles. The molecule has 0 bridgehead atoms. The summed E-state index contributed by atoms with van der Waals surface area (Å²) in [7, 11) is 0. The minimum absolute atomic E-state index is 0.0626. The van der Waals surface area contributed by atoms with Crippen LogP contribution in [-0.2, 0) is 4.74 Å². The number of benzene rings is 1. The zero-order valence-electron chi connectivity index (χ0n) is 14.6. The van der Waals surface area contributed by atoms with Crippen LogP contribution in [0.4, 0.5) is 13.6 Å².